The Morgan fingerprint density at radius 3 is 2.38 bits per heavy atom. The average molecular weight is 112 g/mol. The highest BCUT2D eigenvalue weighted by Gasteiger charge is 1.84. The van der Waals surface area contributed by atoms with Crippen molar-refractivity contribution >= 4 is 0 Å². The van der Waals surface area contributed by atoms with Crippen molar-refractivity contribution in [1.29, 1.82) is 0 Å². The molecule has 0 heteroatoms. The lowest BCUT2D eigenvalue weighted by Crippen LogP contribution is -1.76. The van der Waals surface area contributed by atoms with Crippen LogP contribution >= 0.6 is 0 Å². The first-order chi connectivity index (χ1) is 3.91. The van der Waals surface area contributed by atoms with Crippen LogP contribution in [0.15, 0.2) is 0 Å². The van der Waals surface area contributed by atoms with E-state index in [-0.39, 0.29) is 0 Å². The molecular formula is C8H16. The Kier molecular flexibility index (Phi) is 7.00. The molecule has 0 aromatic carbocycles. The molecule has 48 valence electrons. The molecule has 0 atom stereocenters. The molecule has 0 rings (SSSR count). The molecule has 0 amide bonds. The summed E-state index contributed by atoms with van der Waals surface area (Å²) < 4.78 is 0. The van der Waals surface area contributed by atoms with Gasteiger partial charge in [-0.15, -0.1) is 0 Å². The third-order valence-electron chi connectivity index (χ3n) is 1.11. The van der Waals surface area contributed by atoms with Crippen LogP contribution in [-0.2, 0) is 0 Å². The predicted octanol–water partition coefficient (Wildman–Crippen LogP) is 3.00. The van der Waals surface area contributed by atoms with Gasteiger partial charge in [-0.3, -0.25) is 0 Å². The first-order valence-corrected chi connectivity index (χ1v) is 3.55. The van der Waals surface area contributed by atoms with Gasteiger partial charge in [-0.05, 0) is 19.3 Å². The number of rotatable bonds is 5. The Bertz CT molecular complexity index is 25.0. The van der Waals surface area contributed by atoms with E-state index in [4.69, 9.17) is 0 Å². The van der Waals surface area contributed by atoms with E-state index in [1.165, 1.54) is 25.7 Å². The summed E-state index contributed by atoms with van der Waals surface area (Å²) in [5.74, 6) is 0. The third kappa shape index (κ3) is 6.00. The van der Waals surface area contributed by atoms with Gasteiger partial charge in [0.05, 0.1) is 0 Å². The van der Waals surface area contributed by atoms with Gasteiger partial charge in [-0.2, -0.15) is 0 Å². The lowest BCUT2D eigenvalue weighted by Gasteiger charge is -1.93. The Hall–Kier alpha value is 0. The van der Waals surface area contributed by atoms with E-state index in [0.29, 0.717) is 0 Å². The summed E-state index contributed by atoms with van der Waals surface area (Å²) in [6, 6.07) is 0. The van der Waals surface area contributed by atoms with E-state index < -0.39 is 0 Å². The van der Waals surface area contributed by atoms with E-state index in [9.17, 15) is 0 Å². The van der Waals surface area contributed by atoms with Gasteiger partial charge in [0.25, 0.3) is 0 Å². The maximum Gasteiger partial charge on any atom is -0.0383 e. The van der Waals surface area contributed by atoms with Crippen LogP contribution in [-0.4, -0.2) is 0 Å². The Morgan fingerprint density at radius 1 is 1.12 bits per heavy atom. The molecule has 0 fully saturated rings. The molecule has 0 nitrogen and oxygen atoms in total. The van der Waals surface area contributed by atoms with Gasteiger partial charge < -0.3 is 0 Å². The summed E-state index contributed by atoms with van der Waals surface area (Å²) >= 11 is 0. The Labute approximate surface area is 53.3 Å². The summed E-state index contributed by atoms with van der Waals surface area (Å²) in [4.78, 5) is 0. The molecule has 0 aromatic heterocycles. The Balaban J connectivity index is 2.53. The first-order valence-electron chi connectivity index (χ1n) is 3.55. The zero-order valence-electron chi connectivity index (χ0n) is 5.98. The first kappa shape index (κ1) is 8.00. The number of hydrogen-bond acceptors (Lipinski definition) is 0. The highest BCUT2D eigenvalue weighted by atomic mass is 13.9. The van der Waals surface area contributed by atoms with Gasteiger partial charge in [-0.1, -0.05) is 33.1 Å². The quantitative estimate of drug-likeness (QED) is 0.479. The highest BCUT2D eigenvalue weighted by molar-refractivity contribution is 4.73. The highest BCUT2D eigenvalue weighted by Crippen LogP contribution is 2.00. The molecule has 0 heterocycles. The van der Waals surface area contributed by atoms with E-state index in [2.05, 4.69) is 26.7 Å². The summed E-state index contributed by atoms with van der Waals surface area (Å²) in [5, 5.41) is 0. The summed E-state index contributed by atoms with van der Waals surface area (Å²) in [6.07, 6.45) is 9.61. The molecule has 0 unspecified atom stereocenters. The van der Waals surface area contributed by atoms with Crippen LogP contribution in [0.25, 0.3) is 0 Å². The average Bonchev–Trinajstić information content (AvgIpc) is 1.81. The van der Waals surface area contributed by atoms with Gasteiger partial charge >= 0.3 is 0 Å². The maximum atomic E-state index is 2.34. The van der Waals surface area contributed by atoms with E-state index in [1.54, 1.807) is 0 Å². The largest absolute Gasteiger partial charge is 0.0654 e. The van der Waals surface area contributed by atoms with E-state index in [0.717, 1.165) is 0 Å². The van der Waals surface area contributed by atoms with Crippen molar-refractivity contribution in [3.05, 3.63) is 12.8 Å². The summed E-state index contributed by atoms with van der Waals surface area (Å²) in [7, 11) is 0. The zero-order valence-corrected chi connectivity index (χ0v) is 5.98. The molecule has 0 aliphatic rings. The molecule has 0 aromatic rings. The molecule has 0 saturated carbocycles. The van der Waals surface area contributed by atoms with E-state index in [1.807, 2.05) is 0 Å². The second-order valence-corrected chi connectivity index (χ2v) is 2.01. The zero-order chi connectivity index (χ0) is 6.24. The smallest absolute Gasteiger partial charge is 0.0383 e. The second-order valence-electron chi connectivity index (χ2n) is 2.01. The van der Waals surface area contributed by atoms with Gasteiger partial charge in [0.1, 0.15) is 0 Å². The van der Waals surface area contributed by atoms with Crippen molar-refractivity contribution in [2.45, 2.75) is 39.5 Å². The molecule has 0 bridgehead atoms. The molecule has 0 saturated heterocycles. The van der Waals surface area contributed by atoms with Crippen LogP contribution in [0.2, 0.25) is 0 Å². The number of hydrogen-bond donors (Lipinski definition) is 0. The van der Waals surface area contributed by atoms with Crippen LogP contribution in [0.4, 0.5) is 0 Å². The fraction of sp³-hybridized carbons (Fsp3) is 0.750. The third-order valence-corrected chi connectivity index (χ3v) is 1.11. The fourth-order valence-corrected chi connectivity index (χ4v) is 0.606. The molecule has 0 spiro atoms. The molecule has 2 radical (unpaired) electrons. The van der Waals surface area contributed by atoms with Crippen LogP contribution < -0.4 is 0 Å². The lowest BCUT2D eigenvalue weighted by atomic mass is 10.1. The van der Waals surface area contributed by atoms with Gasteiger partial charge in [-0.25, -0.2) is 0 Å². The van der Waals surface area contributed by atoms with Crippen molar-refractivity contribution in [3.8, 4) is 0 Å². The van der Waals surface area contributed by atoms with Crippen LogP contribution in [0.3, 0.4) is 0 Å². The lowest BCUT2D eigenvalue weighted by molar-refractivity contribution is 0.840. The SMILES string of the molecule is CC[CH]C[CH]CCC. The maximum absolute atomic E-state index is 2.34. The standard InChI is InChI=1S/C8H16/c1-3-5-7-8-6-4-2/h5,8H,3-4,6-7H2,1-2H3. The van der Waals surface area contributed by atoms with Crippen molar-refractivity contribution in [2.75, 3.05) is 0 Å². The van der Waals surface area contributed by atoms with Crippen LogP contribution in [0, 0.1) is 12.8 Å². The summed E-state index contributed by atoms with van der Waals surface area (Å²) in [6.45, 7) is 4.39. The monoisotopic (exact) mass is 112 g/mol. The normalized spacial score (nSPS) is 9.75. The Morgan fingerprint density at radius 2 is 1.88 bits per heavy atom. The minimum absolute atomic E-state index is 1.20. The summed E-state index contributed by atoms with van der Waals surface area (Å²) in [5.41, 5.74) is 0. The van der Waals surface area contributed by atoms with Gasteiger partial charge in [0, 0.05) is 0 Å². The molecular weight excluding hydrogens is 96.1 g/mol. The number of unbranched alkanes of at least 4 members (excludes halogenated alkanes) is 5. The van der Waals surface area contributed by atoms with Crippen LogP contribution in [0.5, 0.6) is 0 Å². The predicted molar refractivity (Wildman–Crippen MR) is 38.4 cm³/mol. The molecule has 0 aliphatic heterocycles. The minimum Gasteiger partial charge on any atom is -0.0654 e. The minimum atomic E-state index is 1.20. The van der Waals surface area contributed by atoms with Crippen molar-refractivity contribution in [2.24, 2.45) is 0 Å². The fourth-order valence-electron chi connectivity index (χ4n) is 0.606. The van der Waals surface area contributed by atoms with Gasteiger partial charge in [0.15, 0.2) is 0 Å². The second kappa shape index (κ2) is 7.00. The van der Waals surface area contributed by atoms with Crippen molar-refractivity contribution in [1.82, 2.24) is 0 Å². The van der Waals surface area contributed by atoms with Gasteiger partial charge in [0.2, 0.25) is 0 Å². The topological polar surface area (TPSA) is 0 Å². The van der Waals surface area contributed by atoms with Crippen molar-refractivity contribution in [3.63, 3.8) is 0 Å². The van der Waals surface area contributed by atoms with Crippen molar-refractivity contribution < 1.29 is 0 Å². The van der Waals surface area contributed by atoms with E-state index >= 15 is 0 Å². The molecule has 0 N–H and O–H groups in total. The van der Waals surface area contributed by atoms with Crippen LogP contribution in [0.1, 0.15) is 39.5 Å². The molecule has 0 aliphatic carbocycles. The molecule has 8 heavy (non-hydrogen) atoms.